The number of rotatable bonds is 3. The molecule has 0 fully saturated rings. The van der Waals surface area contributed by atoms with Crippen LogP contribution in [-0.4, -0.2) is 5.91 Å². The number of halogens is 3. The highest BCUT2D eigenvalue weighted by Gasteiger charge is 2.16. The quantitative estimate of drug-likeness (QED) is 0.605. The smallest absolute Gasteiger partial charge is 0.256 e. The molecule has 5 heteroatoms. The number of carbonyl (C=O) groups excluding carboxylic acids is 1. The zero-order valence-corrected chi connectivity index (χ0v) is 13.9. The number of nitrogens with one attached hydrogen (secondary N) is 1. The Kier molecular flexibility index (Phi) is 4.84. The average molecular weight is 360 g/mol. The molecule has 0 aliphatic rings. The lowest BCUT2D eigenvalue weighted by molar-refractivity contribution is 0.102. The summed E-state index contributed by atoms with van der Waals surface area (Å²) in [5.41, 5.74) is 2.28. The summed E-state index contributed by atoms with van der Waals surface area (Å²) < 4.78 is 13.2. The summed E-state index contributed by atoms with van der Waals surface area (Å²) in [5, 5.41) is 3.42. The Morgan fingerprint density at radius 3 is 2.17 bits per heavy atom. The topological polar surface area (TPSA) is 29.1 Å². The molecule has 0 bridgehead atoms. The highest BCUT2D eigenvalue weighted by molar-refractivity contribution is 6.42. The lowest BCUT2D eigenvalue weighted by atomic mass is 9.99. The van der Waals surface area contributed by atoms with Crippen molar-refractivity contribution in [1.82, 2.24) is 0 Å². The van der Waals surface area contributed by atoms with Gasteiger partial charge in [-0.15, -0.1) is 0 Å². The van der Waals surface area contributed by atoms with Gasteiger partial charge in [-0.1, -0.05) is 53.5 Å². The van der Waals surface area contributed by atoms with E-state index in [0.717, 1.165) is 0 Å². The molecule has 0 heterocycles. The van der Waals surface area contributed by atoms with E-state index in [-0.39, 0.29) is 16.7 Å². The van der Waals surface area contributed by atoms with E-state index >= 15 is 0 Å². The van der Waals surface area contributed by atoms with Crippen LogP contribution in [0, 0.1) is 5.82 Å². The van der Waals surface area contributed by atoms with E-state index in [9.17, 15) is 9.18 Å². The van der Waals surface area contributed by atoms with Gasteiger partial charge in [0.1, 0.15) is 5.82 Å². The van der Waals surface area contributed by atoms with Gasteiger partial charge in [0.2, 0.25) is 0 Å². The molecular weight excluding hydrogens is 348 g/mol. The Bertz CT molecular complexity index is 880. The zero-order chi connectivity index (χ0) is 17.1. The van der Waals surface area contributed by atoms with Gasteiger partial charge in [0.05, 0.1) is 10.0 Å². The van der Waals surface area contributed by atoms with Crippen LogP contribution >= 0.6 is 23.2 Å². The molecule has 0 spiro atoms. The Labute approximate surface area is 148 Å². The van der Waals surface area contributed by atoms with Gasteiger partial charge in [0.15, 0.2) is 0 Å². The van der Waals surface area contributed by atoms with Crippen molar-refractivity contribution in [3.05, 3.63) is 88.2 Å². The second kappa shape index (κ2) is 7.04. The highest BCUT2D eigenvalue weighted by atomic mass is 35.5. The van der Waals surface area contributed by atoms with Gasteiger partial charge >= 0.3 is 0 Å². The first-order valence-corrected chi connectivity index (χ1v) is 7.91. The maximum atomic E-state index is 13.2. The van der Waals surface area contributed by atoms with Crippen molar-refractivity contribution in [3.8, 4) is 11.1 Å². The molecule has 3 aromatic rings. The first-order chi connectivity index (χ1) is 11.5. The molecular formula is C19H12Cl2FNO. The average Bonchev–Trinajstić information content (AvgIpc) is 2.58. The second-order valence-corrected chi connectivity index (χ2v) is 5.95. The van der Waals surface area contributed by atoms with E-state index in [2.05, 4.69) is 5.32 Å². The van der Waals surface area contributed by atoms with Crippen LogP contribution in [0.2, 0.25) is 10.0 Å². The summed E-state index contributed by atoms with van der Waals surface area (Å²) in [6.45, 7) is 0. The van der Waals surface area contributed by atoms with Crippen molar-refractivity contribution in [2.24, 2.45) is 0 Å². The Hall–Kier alpha value is -2.36. The van der Waals surface area contributed by atoms with E-state index in [1.54, 1.807) is 30.3 Å². The SMILES string of the molecule is O=C(Nc1ccccc1)c1cc(Cl)c(Cl)cc1-c1ccc(F)cc1. The summed E-state index contributed by atoms with van der Waals surface area (Å²) in [4.78, 5) is 12.7. The normalized spacial score (nSPS) is 10.5. The first-order valence-electron chi connectivity index (χ1n) is 7.16. The van der Waals surface area contributed by atoms with E-state index in [1.165, 1.54) is 18.2 Å². The van der Waals surface area contributed by atoms with Crippen LogP contribution in [0.5, 0.6) is 0 Å². The number of hydrogen-bond donors (Lipinski definition) is 1. The molecule has 1 N–H and O–H groups in total. The molecule has 0 saturated heterocycles. The summed E-state index contributed by atoms with van der Waals surface area (Å²) in [6, 6.07) is 18.0. The summed E-state index contributed by atoms with van der Waals surface area (Å²) >= 11 is 12.2. The summed E-state index contributed by atoms with van der Waals surface area (Å²) in [7, 11) is 0. The molecule has 24 heavy (non-hydrogen) atoms. The van der Waals surface area contributed by atoms with Gasteiger partial charge in [-0.2, -0.15) is 0 Å². The third-order valence-electron chi connectivity index (χ3n) is 3.49. The third kappa shape index (κ3) is 3.58. The molecule has 0 saturated carbocycles. The monoisotopic (exact) mass is 359 g/mol. The molecule has 3 rings (SSSR count). The molecule has 120 valence electrons. The van der Waals surface area contributed by atoms with Crippen molar-refractivity contribution < 1.29 is 9.18 Å². The fourth-order valence-corrected chi connectivity index (χ4v) is 2.65. The van der Waals surface area contributed by atoms with Crippen molar-refractivity contribution >= 4 is 34.8 Å². The first kappa shape index (κ1) is 16.5. The molecule has 0 aromatic heterocycles. The lowest BCUT2D eigenvalue weighted by Gasteiger charge is -2.12. The standard InChI is InChI=1S/C19H12Cl2FNO/c20-17-10-15(12-6-8-13(22)9-7-12)16(11-18(17)21)19(24)23-14-4-2-1-3-5-14/h1-11H,(H,23,24). The van der Waals surface area contributed by atoms with Crippen molar-refractivity contribution in [3.63, 3.8) is 0 Å². The van der Waals surface area contributed by atoms with Gasteiger partial charge in [0.25, 0.3) is 5.91 Å². The van der Waals surface area contributed by atoms with Crippen LogP contribution in [0.1, 0.15) is 10.4 Å². The number of amides is 1. The molecule has 0 radical (unpaired) electrons. The molecule has 0 atom stereocenters. The molecule has 0 unspecified atom stereocenters. The van der Waals surface area contributed by atoms with Crippen LogP contribution < -0.4 is 5.32 Å². The van der Waals surface area contributed by atoms with Gasteiger partial charge in [-0.05, 0) is 47.5 Å². The van der Waals surface area contributed by atoms with E-state index in [4.69, 9.17) is 23.2 Å². The van der Waals surface area contributed by atoms with E-state index in [0.29, 0.717) is 27.4 Å². The van der Waals surface area contributed by atoms with Crippen LogP contribution in [0.15, 0.2) is 66.7 Å². The highest BCUT2D eigenvalue weighted by Crippen LogP contribution is 2.33. The maximum Gasteiger partial charge on any atom is 0.256 e. The largest absolute Gasteiger partial charge is 0.322 e. The van der Waals surface area contributed by atoms with E-state index in [1.807, 2.05) is 18.2 Å². The van der Waals surface area contributed by atoms with Crippen LogP contribution in [0.4, 0.5) is 10.1 Å². The predicted molar refractivity (Wildman–Crippen MR) is 96.3 cm³/mol. The van der Waals surface area contributed by atoms with Crippen molar-refractivity contribution in [1.29, 1.82) is 0 Å². The number of carbonyl (C=O) groups is 1. The van der Waals surface area contributed by atoms with Crippen molar-refractivity contribution in [2.45, 2.75) is 0 Å². The van der Waals surface area contributed by atoms with Gasteiger partial charge in [-0.25, -0.2) is 4.39 Å². The third-order valence-corrected chi connectivity index (χ3v) is 4.21. The van der Waals surface area contributed by atoms with Crippen LogP contribution in [0.3, 0.4) is 0 Å². The minimum atomic E-state index is -0.353. The second-order valence-electron chi connectivity index (χ2n) is 5.14. The Morgan fingerprint density at radius 1 is 0.875 bits per heavy atom. The van der Waals surface area contributed by atoms with E-state index < -0.39 is 0 Å². The molecule has 0 aliphatic carbocycles. The Morgan fingerprint density at radius 2 is 1.50 bits per heavy atom. The molecule has 1 amide bonds. The van der Waals surface area contributed by atoms with Crippen molar-refractivity contribution in [2.75, 3.05) is 5.32 Å². The van der Waals surface area contributed by atoms with Crippen LogP contribution in [-0.2, 0) is 0 Å². The number of benzene rings is 3. The molecule has 3 aromatic carbocycles. The van der Waals surface area contributed by atoms with Gasteiger partial charge in [0, 0.05) is 11.3 Å². The van der Waals surface area contributed by atoms with Gasteiger partial charge in [-0.3, -0.25) is 4.79 Å². The fourth-order valence-electron chi connectivity index (χ4n) is 2.32. The Balaban J connectivity index is 2.04. The fraction of sp³-hybridized carbons (Fsp3) is 0. The lowest BCUT2D eigenvalue weighted by Crippen LogP contribution is -2.13. The minimum absolute atomic E-state index is 0.278. The predicted octanol–water partition coefficient (Wildman–Crippen LogP) is 6.05. The molecule has 2 nitrogen and oxygen atoms in total. The van der Waals surface area contributed by atoms with Crippen LogP contribution in [0.25, 0.3) is 11.1 Å². The summed E-state index contributed by atoms with van der Waals surface area (Å²) in [6.07, 6.45) is 0. The number of para-hydroxylation sites is 1. The number of hydrogen-bond acceptors (Lipinski definition) is 1. The summed E-state index contributed by atoms with van der Waals surface area (Å²) in [5.74, 6) is -0.673. The molecule has 0 aliphatic heterocycles. The zero-order valence-electron chi connectivity index (χ0n) is 12.4. The minimum Gasteiger partial charge on any atom is -0.322 e. The number of anilines is 1. The van der Waals surface area contributed by atoms with Gasteiger partial charge < -0.3 is 5.32 Å². The maximum absolute atomic E-state index is 13.2.